The van der Waals surface area contributed by atoms with Crippen molar-refractivity contribution in [2.45, 2.75) is 12.8 Å². The third kappa shape index (κ3) is 2.96. The van der Waals surface area contributed by atoms with E-state index in [2.05, 4.69) is 15.2 Å². The molecule has 0 bridgehead atoms. The number of aryl methyl sites for hydroxylation is 2. The lowest BCUT2D eigenvalue weighted by molar-refractivity contribution is 0.321. The highest BCUT2D eigenvalue weighted by Gasteiger charge is 2.11. The molecule has 0 unspecified atom stereocenters. The van der Waals surface area contributed by atoms with Gasteiger partial charge in [0.15, 0.2) is 17.3 Å². The lowest BCUT2D eigenvalue weighted by Crippen LogP contribution is -2.01. The predicted molar refractivity (Wildman–Crippen MR) is 77.8 cm³/mol. The maximum atomic E-state index is 13.6. The molecule has 0 amide bonds. The molecular weight excluding hydrogens is 306 g/mol. The van der Waals surface area contributed by atoms with Gasteiger partial charge in [0.05, 0.1) is 6.21 Å². The SMILES string of the molecule is O/N=C/c1cc2nc(CCc3cccc(F)c3F)cc(O)n2n1. The zero-order chi connectivity index (χ0) is 16.4. The van der Waals surface area contributed by atoms with Gasteiger partial charge in [0.25, 0.3) is 0 Å². The van der Waals surface area contributed by atoms with Gasteiger partial charge in [-0.15, -0.1) is 0 Å². The van der Waals surface area contributed by atoms with Gasteiger partial charge in [0.2, 0.25) is 5.88 Å². The second kappa shape index (κ2) is 5.99. The maximum Gasteiger partial charge on any atom is 0.215 e. The van der Waals surface area contributed by atoms with Crippen molar-refractivity contribution in [2.24, 2.45) is 5.16 Å². The van der Waals surface area contributed by atoms with Gasteiger partial charge in [0, 0.05) is 17.8 Å². The van der Waals surface area contributed by atoms with Crippen molar-refractivity contribution in [3.63, 3.8) is 0 Å². The number of halogens is 2. The molecule has 0 atom stereocenters. The molecule has 0 radical (unpaired) electrons. The predicted octanol–water partition coefficient (Wildman–Crippen LogP) is 2.31. The minimum atomic E-state index is -0.891. The third-order valence-corrected chi connectivity index (χ3v) is 3.35. The first-order valence-corrected chi connectivity index (χ1v) is 6.77. The molecule has 23 heavy (non-hydrogen) atoms. The van der Waals surface area contributed by atoms with Crippen molar-refractivity contribution in [1.29, 1.82) is 0 Å². The van der Waals surface area contributed by atoms with Crippen LogP contribution in [-0.2, 0) is 12.8 Å². The number of nitrogens with zero attached hydrogens (tertiary/aromatic N) is 4. The van der Waals surface area contributed by atoms with Gasteiger partial charge in [-0.25, -0.2) is 13.8 Å². The van der Waals surface area contributed by atoms with Crippen LogP contribution in [0.3, 0.4) is 0 Å². The van der Waals surface area contributed by atoms with Gasteiger partial charge in [0.1, 0.15) is 5.69 Å². The van der Waals surface area contributed by atoms with Crippen LogP contribution in [0.1, 0.15) is 17.0 Å². The summed E-state index contributed by atoms with van der Waals surface area (Å²) in [6.45, 7) is 0. The number of fused-ring (bicyclic) bond motifs is 1. The highest BCUT2D eigenvalue weighted by Crippen LogP contribution is 2.17. The molecule has 0 aliphatic rings. The van der Waals surface area contributed by atoms with E-state index >= 15 is 0 Å². The van der Waals surface area contributed by atoms with Crippen LogP contribution in [-0.4, -0.2) is 31.1 Å². The van der Waals surface area contributed by atoms with Crippen molar-refractivity contribution in [3.8, 4) is 5.88 Å². The molecule has 0 saturated carbocycles. The van der Waals surface area contributed by atoms with Crippen molar-refractivity contribution in [3.05, 3.63) is 58.9 Å². The topological polar surface area (TPSA) is 83.0 Å². The molecule has 2 aromatic heterocycles. The second-order valence-corrected chi connectivity index (χ2v) is 4.90. The summed E-state index contributed by atoms with van der Waals surface area (Å²) < 4.78 is 28.0. The quantitative estimate of drug-likeness (QED) is 0.439. The van der Waals surface area contributed by atoms with Gasteiger partial charge < -0.3 is 10.3 Å². The number of hydrogen-bond acceptors (Lipinski definition) is 5. The number of hydrogen-bond donors (Lipinski definition) is 2. The zero-order valence-corrected chi connectivity index (χ0v) is 11.8. The maximum absolute atomic E-state index is 13.6. The molecule has 6 nitrogen and oxygen atoms in total. The van der Waals surface area contributed by atoms with Gasteiger partial charge in [-0.3, -0.25) is 0 Å². The minimum absolute atomic E-state index is 0.151. The smallest absolute Gasteiger partial charge is 0.215 e. The van der Waals surface area contributed by atoms with Crippen LogP contribution < -0.4 is 0 Å². The van der Waals surface area contributed by atoms with Crippen LogP contribution in [0.5, 0.6) is 5.88 Å². The van der Waals surface area contributed by atoms with Crippen molar-refractivity contribution < 1.29 is 19.1 Å². The first-order chi connectivity index (χ1) is 11.1. The molecule has 3 rings (SSSR count). The van der Waals surface area contributed by atoms with E-state index in [4.69, 9.17) is 5.21 Å². The van der Waals surface area contributed by atoms with E-state index in [0.717, 1.165) is 12.3 Å². The first-order valence-electron chi connectivity index (χ1n) is 6.77. The Morgan fingerprint density at radius 2 is 2.04 bits per heavy atom. The van der Waals surface area contributed by atoms with E-state index < -0.39 is 11.6 Å². The Morgan fingerprint density at radius 1 is 1.22 bits per heavy atom. The third-order valence-electron chi connectivity index (χ3n) is 3.35. The fourth-order valence-electron chi connectivity index (χ4n) is 2.28. The van der Waals surface area contributed by atoms with Crippen LogP contribution in [0, 0.1) is 11.6 Å². The van der Waals surface area contributed by atoms with Gasteiger partial charge in [-0.1, -0.05) is 17.3 Å². The van der Waals surface area contributed by atoms with Crippen molar-refractivity contribution in [1.82, 2.24) is 14.6 Å². The molecule has 118 valence electrons. The van der Waals surface area contributed by atoms with Crippen LogP contribution in [0.15, 0.2) is 35.5 Å². The minimum Gasteiger partial charge on any atom is -0.493 e. The highest BCUT2D eigenvalue weighted by molar-refractivity contribution is 5.78. The van der Waals surface area contributed by atoms with Crippen LogP contribution in [0.2, 0.25) is 0 Å². The molecule has 0 saturated heterocycles. The Labute approximate surface area is 129 Å². The summed E-state index contributed by atoms with van der Waals surface area (Å²) in [6.07, 6.45) is 1.67. The van der Waals surface area contributed by atoms with Crippen LogP contribution in [0.25, 0.3) is 5.65 Å². The van der Waals surface area contributed by atoms with Crippen LogP contribution in [0.4, 0.5) is 8.78 Å². The second-order valence-electron chi connectivity index (χ2n) is 4.90. The summed E-state index contributed by atoms with van der Waals surface area (Å²) in [5, 5.41) is 25.3. The Bertz CT molecular complexity index is 893. The molecule has 2 N–H and O–H groups in total. The summed E-state index contributed by atoms with van der Waals surface area (Å²) in [7, 11) is 0. The Kier molecular flexibility index (Phi) is 3.88. The summed E-state index contributed by atoms with van der Waals surface area (Å²) in [6, 6.07) is 6.93. The van der Waals surface area contributed by atoms with Crippen molar-refractivity contribution >= 4 is 11.9 Å². The number of aromatic nitrogens is 3. The average Bonchev–Trinajstić information content (AvgIpc) is 2.92. The number of rotatable bonds is 4. The Hall–Kier alpha value is -3.03. The summed E-state index contributed by atoms with van der Waals surface area (Å²) in [5.74, 6) is -1.91. The zero-order valence-electron chi connectivity index (χ0n) is 11.8. The number of oxime groups is 1. The first kappa shape index (κ1) is 14.9. The standard InChI is InChI=1S/C15H12F2N4O2/c16-12-3-1-2-9(15(12)17)4-5-10-7-14(22)21-13(19-10)6-11(20-21)8-18-23/h1-3,6-8,22-23H,4-5H2/b18-8+. The van der Waals surface area contributed by atoms with Gasteiger partial charge in [-0.05, 0) is 24.5 Å². The fraction of sp³-hybridized carbons (Fsp3) is 0.133. The largest absolute Gasteiger partial charge is 0.493 e. The summed E-state index contributed by atoms with van der Waals surface area (Å²) in [5.41, 5.74) is 1.43. The van der Waals surface area contributed by atoms with E-state index in [9.17, 15) is 13.9 Å². The molecule has 0 aliphatic carbocycles. The average molecular weight is 318 g/mol. The highest BCUT2D eigenvalue weighted by atomic mass is 19.2. The summed E-state index contributed by atoms with van der Waals surface area (Å²) >= 11 is 0. The molecular formula is C15H12F2N4O2. The molecule has 8 heteroatoms. The van der Waals surface area contributed by atoms with Gasteiger partial charge >= 0.3 is 0 Å². The monoisotopic (exact) mass is 318 g/mol. The molecule has 1 aromatic carbocycles. The van der Waals surface area contributed by atoms with E-state index in [-0.39, 0.29) is 17.9 Å². The lowest BCUT2D eigenvalue weighted by atomic mass is 10.1. The van der Waals surface area contributed by atoms with Gasteiger partial charge in [-0.2, -0.15) is 9.61 Å². The van der Waals surface area contributed by atoms with E-state index in [1.807, 2.05) is 0 Å². The molecule has 3 aromatic rings. The number of benzene rings is 1. The van der Waals surface area contributed by atoms with E-state index in [0.29, 0.717) is 23.5 Å². The molecule has 0 spiro atoms. The van der Waals surface area contributed by atoms with E-state index in [1.54, 1.807) is 0 Å². The van der Waals surface area contributed by atoms with Crippen molar-refractivity contribution in [2.75, 3.05) is 0 Å². The molecule has 2 heterocycles. The summed E-state index contributed by atoms with van der Waals surface area (Å²) in [4.78, 5) is 4.29. The normalized spacial score (nSPS) is 11.6. The number of aromatic hydroxyl groups is 1. The Balaban J connectivity index is 1.87. The molecule has 0 fully saturated rings. The van der Waals surface area contributed by atoms with Crippen LogP contribution >= 0.6 is 0 Å². The lowest BCUT2D eigenvalue weighted by Gasteiger charge is -2.05. The fourth-order valence-corrected chi connectivity index (χ4v) is 2.28. The molecule has 0 aliphatic heterocycles. The Morgan fingerprint density at radius 3 is 2.83 bits per heavy atom. The van der Waals surface area contributed by atoms with E-state index in [1.165, 1.54) is 28.8 Å².